The number of thioether (sulfide) groups is 1. The summed E-state index contributed by atoms with van der Waals surface area (Å²) in [6, 6.07) is 0. The van der Waals surface area contributed by atoms with Crippen molar-refractivity contribution in [2.24, 2.45) is 11.8 Å². The summed E-state index contributed by atoms with van der Waals surface area (Å²) in [6.07, 6.45) is 10.3. The first-order chi connectivity index (χ1) is 12.6. The van der Waals surface area contributed by atoms with Gasteiger partial charge in [-0.2, -0.15) is 11.8 Å². The third-order valence-electron chi connectivity index (χ3n) is 5.99. The number of aromatic nitrogens is 2. The van der Waals surface area contributed by atoms with E-state index in [1.54, 1.807) is 0 Å². The lowest BCUT2D eigenvalue weighted by molar-refractivity contribution is 0.269. The second-order valence-electron chi connectivity index (χ2n) is 8.26. The maximum atomic E-state index is 13.0. The molecular weight excluding hydrogens is 366 g/mol. The fraction of sp³-hybridized carbons (Fsp3) is 0.842. The van der Waals surface area contributed by atoms with Crippen molar-refractivity contribution in [3.63, 3.8) is 0 Å². The Morgan fingerprint density at radius 3 is 2.46 bits per heavy atom. The molecule has 1 aliphatic heterocycles. The van der Waals surface area contributed by atoms with E-state index in [4.69, 9.17) is 0 Å². The van der Waals surface area contributed by atoms with Crippen LogP contribution in [0.5, 0.6) is 0 Å². The molecule has 0 atom stereocenters. The smallest absolute Gasteiger partial charge is 0.227 e. The van der Waals surface area contributed by atoms with Crippen LogP contribution < -0.4 is 0 Å². The molecule has 0 amide bonds. The van der Waals surface area contributed by atoms with Gasteiger partial charge in [-0.15, -0.1) is 0 Å². The summed E-state index contributed by atoms with van der Waals surface area (Å²) in [4.78, 5) is 6.89. The van der Waals surface area contributed by atoms with Crippen molar-refractivity contribution in [2.45, 2.75) is 63.2 Å². The van der Waals surface area contributed by atoms with Crippen LogP contribution in [-0.4, -0.2) is 53.2 Å². The summed E-state index contributed by atoms with van der Waals surface area (Å²) >= 11 is 2.01. The third-order valence-corrected chi connectivity index (χ3v) is 8.72. The van der Waals surface area contributed by atoms with Crippen molar-refractivity contribution in [1.82, 2.24) is 14.5 Å². The molecule has 1 aromatic heterocycles. The van der Waals surface area contributed by atoms with Crippen LogP contribution in [0.2, 0.25) is 0 Å². The lowest BCUT2D eigenvalue weighted by atomic mass is 9.89. The molecule has 0 bridgehead atoms. The molecule has 0 spiro atoms. The van der Waals surface area contributed by atoms with Gasteiger partial charge in [0.05, 0.1) is 17.6 Å². The highest BCUT2D eigenvalue weighted by molar-refractivity contribution is 7.99. The average Bonchev–Trinajstić information content (AvgIpc) is 3.36. The molecule has 26 heavy (non-hydrogen) atoms. The first kappa shape index (κ1) is 18.8. The monoisotopic (exact) mass is 397 g/mol. The first-order valence-corrected chi connectivity index (χ1v) is 13.0. The molecule has 0 radical (unpaired) electrons. The number of nitrogens with zero attached hydrogens (tertiary/aromatic N) is 3. The van der Waals surface area contributed by atoms with Crippen LogP contribution in [0.3, 0.4) is 0 Å². The predicted molar refractivity (Wildman–Crippen MR) is 106 cm³/mol. The highest BCUT2D eigenvalue weighted by Crippen LogP contribution is 2.33. The van der Waals surface area contributed by atoms with Crippen molar-refractivity contribution in [3.05, 3.63) is 11.9 Å². The highest BCUT2D eigenvalue weighted by atomic mass is 32.2. The van der Waals surface area contributed by atoms with Gasteiger partial charge in [0.1, 0.15) is 0 Å². The summed E-state index contributed by atoms with van der Waals surface area (Å²) in [7, 11) is -3.27. The van der Waals surface area contributed by atoms with Gasteiger partial charge < -0.3 is 4.57 Å². The summed E-state index contributed by atoms with van der Waals surface area (Å²) in [6.45, 7) is 3.84. The SMILES string of the molecule is O=S(=O)(CC1CC1)c1ncc(CN2CCSCC2)n1CC1CCCCC1. The molecule has 0 aromatic carbocycles. The second-order valence-corrected chi connectivity index (χ2v) is 11.4. The standard InChI is InChI=1S/C19H31N3O2S2/c23-26(24,15-17-6-7-17)19-20-12-18(14-21-8-10-25-11-9-21)22(19)13-16-4-2-1-3-5-16/h12,16-17H,1-11,13-15H2. The molecule has 1 saturated heterocycles. The van der Waals surface area contributed by atoms with E-state index in [1.807, 2.05) is 18.0 Å². The lowest BCUT2D eigenvalue weighted by Crippen LogP contribution is -2.33. The Kier molecular flexibility index (Phi) is 5.96. The van der Waals surface area contributed by atoms with Crippen molar-refractivity contribution in [1.29, 1.82) is 0 Å². The number of sulfone groups is 1. The van der Waals surface area contributed by atoms with Crippen LogP contribution in [0.4, 0.5) is 0 Å². The number of hydrogen-bond acceptors (Lipinski definition) is 5. The van der Waals surface area contributed by atoms with Gasteiger partial charge in [-0.1, -0.05) is 19.3 Å². The Morgan fingerprint density at radius 1 is 1.04 bits per heavy atom. The van der Waals surface area contributed by atoms with Crippen molar-refractivity contribution in [3.8, 4) is 0 Å². The Hall–Kier alpha value is -0.530. The molecule has 3 aliphatic rings. The molecule has 5 nitrogen and oxygen atoms in total. The molecule has 4 rings (SSSR count). The van der Waals surface area contributed by atoms with Gasteiger partial charge in [0.2, 0.25) is 15.0 Å². The molecular formula is C19H31N3O2S2. The van der Waals surface area contributed by atoms with E-state index < -0.39 is 9.84 Å². The summed E-state index contributed by atoms with van der Waals surface area (Å²) in [5.74, 6) is 3.59. The van der Waals surface area contributed by atoms with Gasteiger partial charge in [0.25, 0.3) is 0 Å². The van der Waals surface area contributed by atoms with E-state index in [0.29, 0.717) is 17.0 Å². The van der Waals surface area contributed by atoms with Gasteiger partial charge in [-0.25, -0.2) is 13.4 Å². The number of rotatable bonds is 7. The Balaban J connectivity index is 1.57. The van der Waals surface area contributed by atoms with Gasteiger partial charge in [-0.05, 0) is 37.5 Å². The van der Waals surface area contributed by atoms with Crippen LogP contribution in [0, 0.1) is 11.8 Å². The van der Waals surface area contributed by atoms with Crippen molar-refractivity contribution < 1.29 is 8.42 Å². The highest BCUT2D eigenvalue weighted by Gasteiger charge is 2.33. The van der Waals surface area contributed by atoms with Crippen molar-refractivity contribution in [2.75, 3.05) is 30.3 Å². The molecule has 7 heteroatoms. The van der Waals surface area contributed by atoms with Gasteiger partial charge >= 0.3 is 0 Å². The quantitative estimate of drug-likeness (QED) is 0.707. The van der Waals surface area contributed by atoms with Gasteiger partial charge in [0.15, 0.2) is 0 Å². The molecule has 0 unspecified atom stereocenters. The van der Waals surface area contributed by atoms with Crippen LogP contribution in [-0.2, 0) is 22.9 Å². The Bertz CT molecular complexity index is 700. The van der Waals surface area contributed by atoms with Crippen LogP contribution in [0.1, 0.15) is 50.6 Å². The molecule has 2 aliphatic carbocycles. The Labute approximate surface area is 161 Å². The summed E-state index contributed by atoms with van der Waals surface area (Å²) in [5, 5.41) is 0.344. The van der Waals surface area contributed by atoms with Gasteiger partial charge in [-0.3, -0.25) is 4.90 Å². The maximum Gasteiger partial charge on any atom is 0.227 e. The van der Waals surface area contributed by atoms with E-state index in [2.05, 4.69) is 14.5 Å². The molecule has 2 heterocycles. The van der Waals surface area contributed by atoms with E-state index >= 15 is 0 Å². The van der Waals surface area contributed by atoms with E-state index in [1.165, 1.54) is 43.6 Å². The minimum Gasteiger partial charge on any atom is -0.317 e. The largest absolute Gasteiger partial charge is 0.317 e. The van der Waals surface area contributed by atoms with Crippen molar-refractivity contribution >= 4 is 21.6 Å². The molecule has 146 valence electrons. The fourth-order valence-electron chi connectivity index (χ4n) is 4.25. The molecule has 2 saturated carbocycles. The number of imidazole rings is 1. The van der Waals surface area contributed by atoms with Crippen LogP contribution >= 0.6 is 11.8 Å². The zero-order valence-corrected chi connectivity index (χ0v) is 17.2. The first-order valence-electron chi connectivity index (χ1n) is 10.2. The van der Waals surface area contributed by atoms with Crippen LogP contribution in [0.25, 0.3) is 0 Å². The zero-order chi connectivity index (χ0) is 18.0. The molecule has 3 fully saturated rings. The fourth-order valence-corrected chi connectivity index (χ4v) is 7.07. The molecule has 0 N–H and O–H groups in total. The molecule has 1 aromatic rings. The van der Waals surface area contributed by atoms with E-state index in [9.17, 15) is 8.42 Å². The second kappa shape index (κ2) is 8.23. The minimum atomic E-state index is -3.27. The van der Waals surface area contributed by atoms with Gasteiger partial charge in [0, 0.05) is 37.7 Å². The van der Waals surface area contributed by atoms with E-state index in [-0.39, 0.29) is 5.75 Å². The predicted octanol–water partition coefficient (Wildman–Crippen LogP) is 3.20. The average molecular weight is 398 g/mol. The summed E-state index contributed by atoms with van der Waals surface area (Å²) < 4.78 is 28.0. The number of hydrogen-bond donors (Lipinski definition) is 0. The van der Waals surface area contributed by atoms with E-state index in [0.717, 1.165) is 44.7 Å². The maximum absolute atomic E-state index is 13.0. The third kappa shape index (κ3) is 4.65. The lowest BCUT2D eigenvalue weighted by Gasteiger charge is -2.28. The van der Waals surface area contributed by atoms with Crippen LogP contribution in [0.15, 0.2) is 11.4 Å². The normalized spacial score (nSPS) is 23.4. The zero-order valence-electron chi connectivity index (χ0n) is 15.6. The summed E-state index contributed by atoms with van der Waals surface area (Å²) in [5.41, 5.74) is 1.09. The topological polar surface area (TPSA) is 55.2 Å². The minimum absolute atomic E-state index is 0.286. The Morgan fingerprint density at radius 2 is 1.77 bits per heavy atom.